The smallest absolute Gasteiger partial charge is 0.371 e. The molecule has 0 aromatic heterocycles. The van der Waals surface area contributed by atoms with E-state index in [1.54, 1.807) is 0 Å². The molecule has 1 fully saturated rings. The first-order chi connectivity index (χ1) is 10.9. The predicted molar refractivity (Wildman–Crippen MR) is 75.5 cm³/mol. The maximum absolute atomic E-state index is 13.6. The van der Waals surface area contributed by atoms with E-state index in [9.17, 15) is 19.4 Å². The van der Waals surface area contributed by atoms with E-state index in [-0.39, 0.29) is 12.0 Å². The molecule has 0 aliphatic carbocycles. The molecule has 1 heterocycles. The summed E-state index contributed by atoms with van der Waals surface area (Å²) < 4.78 is 23.9. The number of aliphatic hydroxyl groups is 3. The molecular formula is C15H17FO7. The van der Waals surface area contributed by atoms with Gasteiger partial charge in [-0.2, -0.15) is 0 Å². The van der Waals surface area contributed by atoms with Crippen LogP contribution in [0.3, 0.4) is 0 Å². The van der Waals surface area contributed by atoms with Gasteiger partial charge in [0.15, 0.2) is 0 Å². The number of carboxylic acids is 1. The quantitative estimate of drug-likeness (QED) is 0.447. The van der Waals surface area contributed by atoms with E-state index in [2.05, 4.69) is 0 Å². The Hall–Kier alpha value is -2.00. The minimum absolute atomic E-state index is 0.0139. The van der Waals surface area contributed by atoms with Crippen LogP contribution in [0, 0.1) is 5.82 Å². The second-order valence-corrected chi connectivity index (χ2v) is 5.03. The van der Waals surface area contributed by atoms with Gasteiger partial charge in [0.05, 0.1) is 12.7 Å². The Kier molecular flexibility index (Phi) is 5.67. The fourth-order valence-corrected chi connectivity index (χ4v) is 2.16. The Morgan fingerprint density at radius 2 is 2.09 bits per heavy atom. The van der Waals surface area contributed by atoms with Crippen LogP contribution in [0.15, 0.2) is 30.0 Å². The van der Waals surface area contributed by atoms with Crippen molar-refractivity contribution in [3.05, 3.63) is 41.4 Å². The van der Waals surface area contributed by atoms with Crippen molar-refractivity contribution >= 4 is 12.0 Å². The third kappa shape index (κ3) is 4.26. The van der Waals surface area contributed by atoms with Crippen molar-refractivity contribution < 1.29 is 39.1 Å². The van der Waals surface area contributed by atoms with Gasteiger partial charge in [-0.1, -0.05) is 18.2 Å². The highest BCUT2D eigenvalue weighted by atomic mass is 19.1. The molecule has 8 heteroatoms. The van der Waals surface area contributed by atoms with Gasteiger partial charge in [0, 0.05) is 12.0 Å². The largest absolute Gasteiger partial charge is 0.475 e. The minimum Gasteiger partial charge on any atom is -0.475 e. The van der Waals surface area contributed by atoms with Gasteiger partial charge in [0.2, 0.25) is 12.0 Å². The SMILES string of the molecule is O=C(O)/C(=C/c1ccccc1F)OC1CC(O)[C@@H](O)C(CO)O1. The molecule has 1 aromatic rings. The average Bonchev–Trinajstić information content (AvgIpc) is 2.51. The lowest BCUT2D eigenvalue weighted by atomic mass is 10.0. The minimum atomic E-state index is -1.45. The molecule has 7 nitrogen and oxygen atoms in total. The third-order valence-electron chi connectivity index (χ3n) is 3.38. The van der Waals surface area contributed by atoms with Crippen molar-refractivity contribution in [2.24, 2.45) is 0 Å². The van der Waals surface area contributed by atoms with E-state index in [1.807, 2.05) is 0 Å². The predicted octanol–water partition coefficient (Wildman–Crippen LogP) is 0.0969. The number of aliphatic hydroxyl groups excluding tert-OH is 3. The number of hydrogen-bond donors (Lipinski definition) is 4. The van der Waals surface area contributed by atoms with Gasteiger partial charge < -0.3 is 29.9 Å². The molecule has 126 valence electrons. The first-order valence-corrected chi connectivity index (χ1v) is 6.91. The second kappa shape index (κ2) is 7.51. The molecule has 0 saturated carbocycles. The fraction of sp³-hybridized carbons (Fsp3) is 0.400. The van der Waals surface area contributed by atoms with E-state index in [4.69, 9.17) is 19.7 Å². The Balaban J connectivity index is 2.17. The summed E-state index contributed by atoms with van der Waals surface area (Å²) in [7, 11) is 0. The summed E-state index contributed by atoms with van der Waals surface area (Å²) in [6, 6.07) is 5.54. The van der Waals surface area contributed by atoms with Crippen molar-refractivity contribution in [3.8, 4) is 0 Å². The molecule has 1 aliphatic rings. The molecule has 1 saturated heterocycles. The fourth-order valence-electron chi connectivity index (χ4n) is 2.16. The van der Waals surface area contributed by atoms with Crippen molar-refractivity contribution in [1.82, 2.24) is 0 Å². The maximum atomic E-state index is 13.6. The zero-order valence-electron chi connectivity index (χ0n) is 12.0. The lowest BCUT2D eigenvalue weighted by Crippen LogP contribution is -2.50. The molecular weight excluding hydrogens is 311 g/mol. The van der Waals surface area contributed by atoms with E-state index in [0.29, 0.717) is 0 Å². The number of ether oxygens (including phenoxy) is 2. The molecule has 2 rings (SSSR count). The monoisotopic (exact) mass is 328 g/mol. The zero-order chi connectivity index (χ0) is 17.0. The van der Waals surface area contributed by atoms with Gasteiger partial charge >= 0.3 is 5.97 Å². The number of halogens is 1. The van der Waals surface area contributed by atoms with E-state index in [0.717, 1.165) is 6.08 Å². The van der Waals surface area contributed by atoms with E-state index < -0.39 is 48.8 Å². The van der Waals surface area contributed by atoms with Crippen molar-refractivity contribution in [2.45, 2.75) is 31.0 Å². The van der Waals surface area contributed by atoms with Gasteiger partial charge in [0.25, 0.3) is 0 Å². The maximum Gasteiger partial charge on any atom is 0.371 e. The molecule has 4 atom stereocenters. The number of carboxylic acid groups (broad SMARTS) is 1. The first-order valence-electron chi connectivity index (χ1n) is 6.91. The highest BCUT2D eigenvalue weighted by Gasteiger charge is 2.38. The van der Waals surface area contributed by atoms with Crippen LogP contribution < -0.4 is 0 Å². The number of aliphatic carboxylic acids is 1. The highest BCUT2D eigenvalue weighted by molar-refractivity contribution is 5.89. The van der Waals surface area contributed by atoms with Crippen LogP contribution in [0.2, 0.25) is 0 Å². The normalized spacial score (nSPS) is 28.4. The van der Waals surface area contributed by atoms with Crippen molar-refractivity contribution in [1.29, 1.82) is 0 Å². The van der Waals surface area contributed by atoms with E-state index in [1.165, 1.54) is 24.3 Å². The summed E-state index contributed by atoms with van der Waals surface area (Å²) in [5.41, 5.74) is 0.0139. The summed E-state index contributed by atoms with van der Waals surface area (Å²) in [4.78, 5) is 11.3. The summed E-state index contributed by atoms with van der Waals surface area (Å²) >= 11 is 0. The first kappa shape index (κ1) is 17.4. The van der Waals surface area contributed by atoms with Gasteiger partial charge in [0.1, 0.15) is 18.0 Å². The lowest BCUT2D eigenvalue weighted by Gasteiger charge is -2.36. The van der Waals surface area contributed by atoms with Crippen LogP contribution in [-0.2, 0) is 14.3 Å². The van der Waals surface area contributed by atoms with E-state index >= 15 is 0 Å². The summed E-state index contributed by atoms with van der Waals surface area (Å²) in [6.07, 6.45) is -4.05. The third-order valence-corrected chi connectivity index (χ3v) is 3.38. The summed E-state index contributed by atoms with van der Waals surface area (Å²) in [5.74, 6) is -2.65. The molecule has 4 N–H and O–H groups in total. The van der Waals surface area contributed by atoms with Crippen LogP contribution in [0.25, 0.3) is 6.08 Å². The average molecular weight is 328 g/mol. The van der Waals surface area contributed by atoms with Gasteiger partial charge in [-0.3, -0.25) is 0 Å². The van der Waals surface area contributed by atoms with Gasteiger partial charge in [-0.25, -0.2) is 9.18 Å². The standard InChI is InChI=1S/C15H17FO7/c16-9-4-2-1-3-8(9)5-11(15(20)21)22-13-6-10(18)14(19)12(7-17)23-13/h1-5,10,12-14,17-19H,6-7H2,(H,20,21)/b11-5-/t10?,12?,13?,14-/m1/s1. The van der Waals surface area contributed by atoms with Crippen LogP contribution >= 0.6 is 0 Å². The Morgan fingerprint density at radius 3 is 2.70 bits per heavy atom. The number of hydrogen-bond acceptors (Lipinski definition) is 6. The molecule has 1 aliphatic heterocycles. The molecule has 23 heavy (non-hydrogen) atoms. The molecule has 0 amide bonds. The molecule has 1 aromatic carbocycles. The summed E-state index contributed by atoms with van der Waals surface area (Å²) in [5, 5.41) is 37.5. The molecule has 0 radical (unpaired) electrons. The zero-order valence-corrected chi connectivity index (χ0v) is 12.0. The number of rotatable bonds is 5. The van der Waals surface area contributed by atoms with Crippen molar-refractivity contribution in [3.63, 3.8) is 0 Å². The highest BCUT2D eigenvalue weighted by Crippen LogP contribution is 2.24. The number of carbonyl (C=O) groups is 1. The summed E-state index contributed by atoms with van der Waals surface area (Å²) in [6.45, 7) is -0.572. The van der Waals surface area contributed by atoms with Gasteiger partial charge in [-0.05, 0) is 12.1 Å². The number of benzene rings is 1. The Morgan fingerprint density at radius 1 is 1.39 bits per heavy atom. The van der Waals surface area contributed by atoms with Crippen LogP contribution in [-0.4, -0.2) is 57.6 Å². The van der Waals surface area contributed by atoms with Crippen LogP contribution in [0.5, 0.6) is 0 Å². The van der Waals surface area contributed by atoms with Gasteiger partial charge in [-0.15, -0.1) is 0 Å². The Labute approximate surface area is 131 Å². The van der Waals surface area contributed by atoms with Crippen LogP contribution in [0.1, 0.15) is 12.0 Å². The molecule has 0 spiro atoms. The molecule has 0 bridgehead atoms. The lowest BCUT2D eigenvalue weighted by molar-refractivity contribution is -0.246. The topological polar surface area (TPSA) is 116 Å². The molecule has 3 unspecified atom stereocenters. The second-order valence-electron chi connectivity index (χ2n) is 5.03. The van der Waals surface area contributed by atoms with Crippen molar-refractivity contribution in [2.75, 3.05) is 6.61 Å². The van der Waals surface area contributed by atoms with Crippen LogP contribution in [0.4, 0.5) is 4.39 Å². The Bertz CT molecular complexity index is 589.